The molecular weight excluding hydrogens is 1670 g/mol. The van der Waals surface area contributed by atoms with Gasteiger partial charge in [0.25, 0.3) is 0 Å². The van der Waals surface area contributed by atoms with Gasteiger partial charge in [0.1, 0.15) is 0 Å². The van der Waals surface area contributed by atoms with Crippen LogP contribution in [0.15, 0.2) is 558 Å². The quantitative estimate of drug-likeness (QED) is 0.0665. The number of benzene rings is 25. The van der Waals surface area contributed by atoms with E-state index in [1.165, 1.54) is 143 Å². The van der Waals surface area contributed by atoms with Crippen LogP contribution in [0.1, 0.15) is 0 Å². The summed E-state index contributed by atoms with van der Waals surface area (Å²) in [6.45, 7) is 0. The van der Waals surface area contributed by atoms with E-state index < -0.39 is 0 Å². The maximum absolute atomic E-state index is 2.45. The summed E-state index contributed by atoms with van der Waals surface area (Å²) in [5.41, 5.74) is 34.7. The Balaban J connectivity index is 0.000000151. The maximum atomic E-state index is 2.45. The molecule has 0 saturated carbocycles. The number of para-hydroxylation sites is 4. The average Bonchev–Trinajstić information content (AvgIpc) is 0.725. The standard InChI is InChI=1S/C70H48N2.C64H44N2/c1-7-19-49(20-8-1)51-31-39-60(40-32-51)71(58-27-15-5-16-28-58)67-46-38-56-36-44-63-62(43-35-55-37-45-64(67)69(56)68(55)63)54-33-41-61(42-34-54)72(59-29-17-6-18-30-59)70-65(52-23-11-3-12-24-52)47-57(50-21-9-2-10-22-50)48-66(70)53-25-13-4-14-26-53;1-6-16-45(17-7-1)47-26-35-55(36-27-47)65(53-22-12-4-13-23-53)61-42-33-51-31-40-58-57(39-30-50-32-41-59(61)64(51)63(50)58)49-28-37-56(38-29-49)66(54-24-14-5-15-25-54)62-43-34-52(46-18-8-2-9-19-46)44-60(62)48-20-10-3-11-21-48/h1-48H;1-44H. The van der Waals surface area contributed by atoms with Gasteiger partial charge >= 0.3 is 0 Å². The van der Waals surface area contributed by atoms with Crippen molar-refractivity contribution in [2.45, 2.75) is 0 Å². The minimum atomic E-state index is 1.08. The van der Waals surface area contributed by atoms with E-state index in [2.05, 4.69) is 578 Å². The maximum Gasteiger partial charge on any atom is 0.0618 e. The molecule has 0 atom stereocenters. The molecule has 138 heavy (non-hydrogen) atoms. The lowest BCUT2D eigenvalue weighted by Gasteiger charge is -2.31. The van der Waals surface area contributed by atoms with Crippen LogP contribution in [0.2, 0.25) is 0 Å². The van der Waals surface area contributed by atoms with Crippen LogP contribution in [0.25, 0.3) is 165 Å². The molecule has 0 heterocycles. The van der Waals surface area contributed by atoms with Crippen molar-refractivity contribution in [3.05, 3.63) is 558 Å². The third-order valence-corrected chi connectivity index (χ3v) is 27.2. The Labute approximate surface area is 805 Å². The number of hydrogen-bond acceptors (Lipinski definition) is 4. The van der Waals surface area contributed by atoms with Crippen LogP contribution >= 0.6 is 0 Å². The van der Waals surface area contributed by atoms with Crippen LogP contribution in [-0.4, -0.2) is 0 Å². The Morgan fingerprint density at radius 1 is 0.109 bits per heavy atom. The zero-order valence-electron chi connectivity index (χ0n) is 75.9. The second-order valence-electron chi connectivity index (χ2n) is 35.3. The van der Waals surface area contributed by atoms with Crippen LogP contribution in [0.3, 0.4) is 0 Å². The van der Waals surface area contributed by atoms with Gasteiger partial charge in [-0.3, -0.25) is 0 Å². The Morgan fingerprint density at radius 2 is 0.312 bits per heavy atom. The normalized spacial score (nSPS) is 11.3. The molecule has 0 amide bonds. The fourth-order valence-corrected chi connectivity index (χ4v) is 20.6. The van der Waals surface area contributed by atoms with Crippen molar-refractivity contribution in [2.24, 2.45) is 0 Å². The molecule has 0 aliphatic heterocycles. The SMILES string of the molecule is c1ccc(-c2ccc(N(c3ccccc3)c3ccc4ccc5c(-c6ccc(N(c7ccccc7)c7c(-c8ccccc8)cc(-c8ccccc8)cc7-c7ccccc7)cc6)ccc6ccc3c4c65)cc2)cc1.c1ccc(-c2ccc(N(c3ccccc3)c3ccc4ccc5c(-c6ccc(N(c7ccccc7)c7ccc(-c8ccccc8)cc7-c7ccccc7)cc6)ccc6ccc3c4c65)cc2)cc1. The van der Waals surface area contributed by atoms with Crippen LogP contribution in [-0.2, 0) is 0 Å². The first-order valence-corrected chi connectivity index (χ1v) is 47.4. The minimum Gasteiger partial charge on any atom is -0.310 e. The summed E-state index contributed by atoms with van der Waals surface area (Å²) in [4.78, 5) is 9.64. The fraction of sp³-hybridized carbons (Fsp3) is 0. The van der Waals surface area contributed by atoms with Gasteiger partial charge in [-0.1, -0.05) is 425 Å². The van der Waals surface area contributed by atoms with Crippen molar-refractivity contribution in [2.75, 3.05) is 19.6 Å². The number of nitrogens with zero attached hydrogens (tertiary/aromatic N) is 4. The molecule has 25 aromatic carbocycles. The van der Waals surface area contributed by atoms with Gasteiger partial charge in [0.2, 0.25) is 0 Å². The lowest BCUT2D eigenvalue weighted by atomic mass is 9.88. The third-order valence-electron chi connectivity index (χ3n) is 27.2. The third kappa shape index (κ3) is 15.8. The second-order valence-corrected chi connectivity index (χ2v) is 35.3. The molecule has 4 heteroatoms. The molecular formula is C134H92N4. The van der Waals surface area contributed by atoms with Crippen LogP contribution < -0.4 is 19.6 Å². The Kier molecular flexibility index (Phi) is 22.1. The molecule has 0 aliphatic rings. The number of hydrogen-bond donors (Lipinski definition) is 0. The first-order valence-electron chi connectivity index (χ1n) is 47.4. The van der Waals surface area contributed by atoms with E-state index in [1.54, 1.807) is 0 Å². The molecule has 0 spiro atoms. The van der Waals surface area contributed by atoms with Gasteiger partial charge in [-0.2, -0.15) is 0 Å². The van der Waals surface area contributed by atoms with Gasteiger partial charge in [0, 0.05) is 73.0 Å². The van der Waals surface area contributed by atoms with E-state index in [9.17, 15) is 0 Å². The molecule has 0 fully saturated rings. The second kappa shape index (κ2) is 36.7. The molecule has 4 nitrogen and oxygen atoms in total. The molecule has 0 aromatic heterocycles. The number of anilines is 12. The minimum absolute atomic E-state index is 1.08. The Hall–Kier alpha value is -18.2. The van der Waals surface area contributed by atoms with Gasteiger partial charge in [-0.15, -0.1) is 0 Å². The van der Waals surface area contributed by atoms with E-state index in [-0.39, 0.29) is 0 Å². The van der Waals surface area contributed by atoms with E-state index in [1.807, 2.05) is 0 Å². The molecule has 0 unspecified atom stereocenters. The fourth-order valence-electron chi connectivity index (χ4n) is 20.6. The van der Waals surface area contributed by atoms with E-state index >= 15 is 0 Å². The molecule has 0 N–H and O–H groups in total. The summed E-state index contributed by atoms with van der Waals surface area (Å²) in [5, 5.41) is 15.0. The highest BCUT2D eigenvalue weighted by molar-refractivity contribution is 6.30. The summed E-state index contributed by atoms with van der Waals surface area (Å²) in [6.07, 6.45) is 0. The van der Waals surface area contributed by atoms with Crippen molar-refractivity contribution >= 4 is 133 Å². The molecule has 0 saturated heterocycles. The van der Waals surface area contributed by atoms with Gasteiger partial charge in [0.05, 0.1) is 22.7 Å². The van der Waals surface area contributed by atoms with Crippen molar-refractivity contribution < 1.29 is 0 Å². The zero-order valence-corrected chi connectivity index (χ0v) is 75.9. The predicted octanol–water partition coefficient (Wildman–Crippen LogP) is 38.1. The summed E-state index contributed by atoms with van der Waals surface area (Å²) in [7, 11) is 0. The summed E-state index contributed by atoms with van der Waals surface area (Å²) in [6, 6.07) is 203. The summed E-state index contributed by atoms with van der Waals surface area (Å²) >= 11 is 0. The van der Waals surface area contributed by atoms with Gasteiger partial charge in [0.15, 0.2) is 0 Å². The van der Waals surface area contributed by atoms with E-state index in [0.717, 1.165) is 90.5 Å². The molecule has 0 bridgehead atoms. The van der Waals surface area contributed by atoms with Crippen molar-refractivity contribution in [1.29, 1.82) is 0 Å². The highest BCUT2D eigenvalue weighted by atomic mass is 15.2. The van der Waals surface area contributed by atoms with Gasteiger partial charge in [-0.25, -0.2) is 0 Å². The molecule has 0 aliphatic carbocycles. The Bertz CT molecular complexity index is 8520. The van der Waals surface area contributed by atoms with Crippen LogP contribution in [0.4, 0.5) is 68.2 Å². The smallest absolute Gasteiger partial charge is 0.0618 e. The molecule has 648 valence electrons. The van der Waals surface area contributed by atoms with Gasteiger partial charge in [-0.05, 0) is 271 Å². The summed E-state index contributed by atoms with van der Waals surface area (Å²) in [5.74, 6) is 0. The van der Waals surface area contributed by atoms with Crippen LogP contribution in [0.5, 0.6) is 0 Å². The average molecular weight is 1760 g/mol. The lowest BCUT2D eigenvalue weighted by Crippen LogP contribution is -2.13. The largest absolute Gasteiger partial charge is 0.310 e. The molecule has 25 rings (SSSR count). The predicted molar refractivity (Wildman–Crippen MR) is 588 cm³/mol. The monoisotopic (exact) mass is 1760 g/mol. The first-order chi connectivity index (χ1) is 68.5. The van der Waals surface area contributed by atoms with E-state index in [4.69, 9.17) is 0 Å². The van der Waals surface area contributed by atoms with E-state index in [0.29, 0.717) is 0 Å². The van der Waals surface area contributed by atoms with Crippen molar-refractivity contribution in [3.8, 4) is 100 Å². The number of rotatable bonds is 21. The van der Waals surface area contributed by atoms with Crippen molar-refractivity contribution in [3.63, 3.8) is 0 Å². The summed E-state index contributed by atoms with van der Waals surface area (Å²) < 4.78 is 0. The highest BCUT2D eigenvalue weighted by Gasteiger charge is 2.28. The Morgan fingerprint density at radius 3 is 0.652 bits per heavy atom. The van der Waals surface area contributed by atoms with Gasteiger partial charge < -0.3 is 19.6 Å². The molecule has 0 radical (unpaired) electrons. The molecule has 25 aromatic rings. The first kappa shape index (κ1) is 82.9. The van der Waals surface area contributed by atoms with Crippen LogP contribution in [0, 0.1) is 0 Å². The van der Waals surface area contributed by atoms with Crippen molar-refractivity contribution in [1.82, 2.24) is 0 Å². The lowest BCUT2D eigenvalue weighted by molar-refractivity contribution is 1.28. The topological polar surface area (TPSA) is 13.0 Å². The zero-order chi connectivity index (χ0) is 91.6. The highest BCUT2D eigenvalue weighted by Crippen LogP contribution is 2.54.